The van der Waals surface area contributed by atoms with Crippen LogP contribution in [-0.2, 0) is 27.5 Å². The Bertz CT molecular complexity index is 1030. The van der Waals surface area contributed by atoms with E-state index in [-0.39, 0.29) is 24.9 Å². The van der Waals surface area contributed by atoms with Gasteiger partial charge in [-0.1, -0.05) is 48.5 Å². The minimum absolute atomic E-state index is 0.150. The van der Waals surface area contributed by atoms with E-state index in [1.54, 1.807) is 6.20 Å². The van der Waals surface area contributed by atoms with Gasteiger partial charge in [0.2, 0.25) is 17.7 Å². The molecule has 160 valence electrons. The first-order chi connectivity index (χ1) is 15.0. The van der Waals surface area contributed by atoms with Gasteiger partial charge < -0.3 is 16.0 Å². The maximum Gasteiger partial charge on any atom is 0.239 e. The largest absolute Gasteiger partial charge is 0.350 e. The van der Waals surface area contributed by atoms with E-state index in [1.165, 1.54) is 6.92 Å². The molecule has 2 aromatic carbocycles. The minimum atomic E-state index is -0.416. The van der Waals surface area contributed by atoms with Gasteiger partial charge in [-0.2, -0.15) is 5.10 Å². The standard InChI is InChI=1S/C23H25N5O3/c1-17(29)24-14-22(30)26-15-23(31)25-13-20-5-2-3-6-21(20)19-9-7-18(8-10-19)16-28-12-4-11-27-28/h2-12H,13-16H2,1H3,(H,24,29)(H,25,31)(H,26,30). The molecule has 1 heterocycles. The lowest BCUT2D eigenvalue weighted by atomic mass is 9.98. The summed E-state index contributed by atoms with van der Waals surface area (Å²) in [4.78, 5) is 34.5. The van der Waals surface area contributed by atoms with E-state index < -0.39 is 5.91 Å². The molecule has 3 aromatic rings. The molecule has 1 aromatic heterocycles. The van der Waals surface area contributed by atoms with Crippen molar-refractivity contribution in [1.29, 1.82) is 0 Å². The molecule has 0 radical (unpaired) electrons. The van der Waals surface area contributed by atoms with Crippen LogP contribution in [0, 0.1) is 0 Å². The van der Waals surface area contributed by atoms with Crippen molar-refractivity contribution in [2.75, 3.05) is 13.1 Å². The lowest BCUT2D eigenvalue weighted by Crippen LogP contribution is -2.41. The summed E-state index contributed by atoms with van der Waals surface area (Å²) in [5.41, 5.74) is 4.20. The highest BCUT2D eigenvalue weighted by Crippen LogP contribution is 2.24. The Hall–Kier alpha value is -3.94. The molecule has 3 amide bonds. The Balaban J connectivity index is 1.56. The summed E-state index contributed by atoms with van der Waals surface area (Å²) < 4.78 is 1.87. The smallest absolute Gasteiger partial charge is 0.239 e. The number of aromatic nitrogens is 2. The number of nitrogens with zero attached hydrogens (tertiary/aromatic N) is 2. The Morgan fingerprint density at radius 3 is 2.29 bits per heavy atom. The summed E-state index contributed by atoms with van der Waals surface area (Å²) in [5, 5.41) is 11.9. The Kier molecular flexibility index (Phi) is 7.53. The SMILES string of the molecule is CC(=O)NCC(=O)NCC(=O)NCc1ccccc1-c1ccc(Cn2cccn2)cc1. The second kappa shape index (κ2) is 10.7. The van der Waals surface area contributed by atoms with Crippen molar-refractivity contribution in [3.05, 3.63) is 78.1 Å². The molecule has 31 heavy (non-hydrogen) atoms. The molecule has 3 rings (SSSR count). The van der Waals surface area contributed by atoms with Crippen molar-refractivity contribution in [1.82, 2.24) is 25.7 Å². The van der Waals surface area contributed by atoms with Crippen LogP contribution in [0.25, 0.3) is 11.1 Å². The van der Waals surface area contributed by atoms with E-state index in [4.69, 9.17) is 0 Å². The van der Waals surface area contributed by atoms with Crippen LogP contribution in [0.2, 0.25) is 0 Å². The molecule has 0 fully saturated rings. The summed E-state index contributed by atoms with van der Waals surface area (Å²) in [7, 11) is 0. The molecule has 8 nitrogen and oxygen atoms in total. The van der Waals surface area contributed by atoms with Crippen LogP contribution in [-0.4, -0.2) is 40.6 Å². The van der Waals surface area contributed by atoms with Gasteiger partial charge in [-0.05, 0) is 28.3 Å². The quantitative estimate of drug-likeness (QED) is 0.488. The van der Waals surface area contributed by atoms with E-state index in [2.05, 4.69) is 45.3 Å². The summed E-state index contributed by atoms with van der Waals surface area (Å²) in [6.07, 6.45) is 3.68. The molecule has 0 saturated carbocycles. The fourth-order valence-electron chi connectivity index (χ4n) is 3.03. The Labute approximate surface area is 180 Å². The fourth-order valence-corrected chi connectivity index (χ4v) is 3.03. The molecule has 0 atom stereocenters. The third-order valence-electron chi connectivity index (χ3n) is 4.61. The van der Waals surface area contributed by atoms with Gasteiger partial charge in [0.1, 0.15) is 0 Å². The molecule has 0 saturated heterocycles. The second-order valence-corrected chi connectivity index (χ2v) is 7.02. The average Bonchev–Trinajstić information content (AvgIpc) is 3.28. The molecule has 0 bridgehead atoms. The third-order valence-corrected chi connectivity index (χ3v) is 4.61. The second-order valence-electron chi connectivity index (χ2n) is 7.02. The van der Waals surface area contributed by atoms with E-state index in [0.29, 0.717) is 13.1 Å². The highest BCUT2D eigenvalue weighted by molar-refractivity contribution is 5.87. The van der Waals surface area contributed by atoms with Gasteiger partial charge in [-0.3, -0.25) is 19.1 Å². The van der Waals surface area contributed by atoms with Crippen molar-refractivity contribution in [3.8, 4) is 11.1 Å². The maximum atomic E-state index is 12.1. The fraction of sp³-hybridized carbons (Fsp3) is 0.217. The number of carbonyl (C=O) groups is 3. The van der Waals surface area contributed by atoms with E-state index in [9.17, 15) is 14.4 Å². The zero-order valence-electron chi connectivity index (χ0n) is 17.3. The van der Waals surface area contributed by atoms with Gasteiger partial charge in [0.05, 0.1) is 19.6 Å². The van der Waals surface area contributed by atoms with Gasteiger partial charge in [-0.25, -0.2) is 0 Å². The summed E-state index contributed by atoms with van der Waals surface area (Å²) in [5.74, 6) is -1.02. The van der Waals surface area contributed by atoms with Crippen molar-refractivity contribution < 1.29 is 14.4 Å². The number of hydrogen-bond acceptors (Lipinski definition) is 4. The molecule has 3 N–H and O–H groups in total. The summed E-state index contributed by atoms with van der Waals surface area (Å²) >= 11 is 0. The van der Waals surface area contributed by atoms with Gasteiger partial charge in [0, 0.05) is 25.9 Å². The molecule has 0 aliphatic rings. The first-order valence-corrected chi connectivity index (χ1v) is 9.94. The number of benzene rings is 2. The molecular formula is C23H25N5O3. The number of rotatable bonds is 9. The van der Waals surface area contributed by atoms with Gasteiger partial charge >= 0.3 is 0 Å². The average molecular weight is 419 g/mol. The molecule has 0 aliphatic carbocycles. The number of amides is 3. The predicted octanol–water partition coefficient (Wildman–Crippen LogP) is 1.47. The van der Waals surface area contributed by atoms with Gasteiger partial charge in [-0.15, -0.1) is 0 Å². The van der Waals surface area contributed by atoms with Gasteiger partial charge in [0.15, 0.2) is 0 Å². The van der Waals surface area contributed by atoms with Crippen LogP contribution in [0.1, 0.15) is 18.1 Å². The van der Waals surface area contributed by atoms with Crippen LogP contribution in [0.4, 0.5) is 0 Å². The van der Waals surface area contributed by atoms with E-state index >= 15 is 0 Å². The van der Waals surface area contributed by atoms with Crippen LogP contribution in [0.15, 0.2) is 67.0 Å². The normalized spacial score (nSPS) is 10.4. The molecular weight excluding hydrogens is 394 g/mol. The van der Waals surface area contributed by atoms with Crippen molar-refractivity contribution in [3.63, 3.8) is 0 Å². The zero-order chi connectivity index (χ0) is 22.1. The Morgan fingerprint density at radius 2 is 1.58 bits per heavy atom. The highest BCUT2D eigenvalue weighted by atomic mass is 16.2. The number of hydrogen-bond donors (Lipinski definition) is 3. The first kappa shape index (κ1) is 21.8. The van der Waals surface area contributed by atoms with Crippen molar-refractivity contribution in [2.45, 2.75) is 20.0 Å². The summed E-state index contributed by atoms with van der Waals surface area (Å²) in [6, 6.07) is 18.0. The van der Waals surface area contributed by atoms with Gasteiger partial charge in [0.25, 0.3) is 0 Å². The molecule has 0 spiro atoms. The lowest BCUT2D eigenvalue weighted by molar-refractivity contribution is -0.127. The monoisotopic (exact) mass is 419 g/mol. The van der Waals surface area contributed by atoms with Crippen molar-refractivity contribution >= 4 is 17.7 Å². The van der Waals surface area contributed by atoms with Crippen LogP contribution in [0.5, 0.6) is 0 Å². The van der Waals surface area contributed by atoms with E-state index in [0.717, 1.165) is 22.3 Å². The number of carbonyl (C=O) groups excluding carboxylic acids is 3. The lowest BCUT2D eigenvalue weighted by Gasteiger charge is -2.12. The Morgan fingerprint density at radius 1 is 0.871 bits per heavy atom. The van der Waals surface area contributed by atoms with Crippen LogP contribution < -0.4 is 16.0 Å². The third kappa shape index (κ3) is 6.81. The molecule has 0 aliphatic heterocycles. The van der Waals surface area contributed by atoms with Crippen LogP contribution in [0.3, 0.4) is 0 Å². The van der Waals surface area contributed by atoms with Crippen molar-refractivity contribution in [2.24, 2.45) is 0 Å². The highest BCUT2D eigenvalue weighted by Gasteiger charge is 2.09. The van der Waals surface area contributed by atoms with Crippen LogP contribution >= 0.6 is 0 Å². The molecule has 0 unspecified atom stereocenters. The first-order valence-electron chi connectivity index (χ1n) is 9.94. The van der Waals surface area contributed by atoms with E-state index in [1.807, 2.05) is 41.2 Å². The predicted molar refractivity (Wildman–Crippen MR) is 117 cm³/mol. The summed E-state index contributed by atoms with van der Waals surface area (Å²) in [6.45, 7) is 2.07. The molecule has 8 heteroatoms. The minimum Gasteiger partial charge on any atom is -0.350 e. The zero-order valence-corrected chi connectivity index (χ0v) is 17.3. The topological polar surface area (TPSA) is 105 Å². The maximum absolute atomic E-state index is 12.1. The number of nitrogens with one attached hydrogen (secondary N) is 3.